The standard InChI is InChI=1S/C17H24N2O6S/c1-9-6-13(11(18)7-10(9)15(22)24-5)26-8-12(14(20)21)19-16(23)25-17(2,3)4/h6-7,12H,8,18H2,1-5H3,(H,19,23)(H,20,21)/t12-/m0/s1. The van der Waals surface area contributed by atoms with Gasteiger partial charge in [-0.3, -0.25) is 0 Å². The molecule has 9 heteroatoms. The second kappa shape index (κ2) is 8.79. The second-order valence-corrected chi connectivity index (χ2v) is 7.61. The first kappa shape index (κ1) is 21.6. The van der Waals surface area contributed by atoms with Crippen molar-refractivity contribution < 1.29 is 29.0 Å². The predicted octanol–water partition coefficient (Wildman–Crippen LogP) is 2.43. The van der Waals surface area contributed by atoms with Crippen molar-refractivity contribution in [3.05, 3.63) is 23.3 Å². The Balaban J connectivity index is 2.84. The number of benzene rings is 1. The third-order valence-electron chi connectivity index (χ3n) is 3.16. The molecule has 1 amide bonds. The van der Waals surface area contributed by atoms with Gasteiger partial charge < -0.3 is 25.6 Å². The van der Waals surface area contributed by atoms with E-state index in [9.17, 15) is 19.5 Å². The number of aryl methyl sites for hydroxylation is 1. The zero-order valence-corrected chi connectivity index (χ0v) is 16.2. The number of nitrogens with one attached hydrogen (secondary N) is 1. The topological polar surface area (TPSA) is 128 Å². The maximum absolute atomic E-state index is 11.8. The van der Waals surface area contributed by atoms with Crippen LogP contribution in [0.5, 0.6) is 0 Å². The van der Waals surface area contributed by atoms with Gasteiger partial charge in [0.25, 0.3) is 0 Å². The SMILES string of the molecule is COC(=O)c1cc(N)c(SC[C@H](NC(=O)OC(C)(C)C)C(=O)O)cc1C. The minimum atomic E-state index is -1.19. The monoisotopic (exact) mass is 384 g/mol. The zero-order chi connectivity index (χ0) is 20.1. The summed E-state index contributed by atoms with van der Waals surface area (Å²) < 4.78 is 9.75. The number of rotatable bonds is 6. The number of hydrogen-bond acceptors (Lipinski definition) is 7. The number of amides is 1. The van der Waals surface area contributed by atoms with Gasteiger partial charge in [-0.1, -0.05) is 0 Å². The molecule has 0 spiro atoms. The van der Waals surface area contributed by atoms with Crippen LogP contribution >= 0.6 is 11.8 Å². The van der Waals surface area contributed by atoms with Gasteiger partial charge in [0, 0.05) is 16.3 Å². The molecule has 0 unspecified atom stereocenters. The van der Waals surface area contributed by atoms with Crippen LogP contribution < -0.4 is 11.1 Å². The van der Waals surface area contributed by atoms with Crippen LogP contribution in [-0.4, -0.2) is 47.6 Å². The van der Waals surface area contributed by atoms with Crippen LogP contribution in [0.1, 0.15) is 36.7 Å². The summed E-state index contributed by atoms with van der Waals surface area (Å²) in [7, 11) is 1.28. The first-order valence-electron chi connectivity index (χ1n) is 7.78. The minimum absolute atomic E-state index is 0.0375. The molecule has 144 valence electrons. The first-order valence-corrected chi connectivity index (χ1v) is 8.76. The third kappa shape index (κ3) is 6.47. The van der Waals surface area contributed by atoms with Crippen LogP contribution in [0.4, 0.5) is 10.5 Å². The Hall–Kier alpha value is -2.42. The molecule has 0 heterocycles. The summed E-state index contributed by atoms with van der Waals surface area (Å²) in [6, 6.07) is 2.01. The van der Waals surface area contributed by atoms with Crippen molar-refractivity contribution in [2.75, 3.05) is 18.6 Å². The highest BCUT2D eigenvalue weighted by Crippen LogP contribution is 2.29. The van der Waals surface area contributed by atoms with Gasteiger partial charge in [-0.15, -0.1) is 11.8 Å². The van der Waals surface area contributed by atoms with Gasteiger partial charge in [0.2, 0.25) is 0 Å². The Kier molecular flexibility index (Phi) is 7.31. The summed E-state index contributed by atoms with van der Waals surface area (Å²) in [6.45, 7) is 6.78. The molecule has 0 saturated carbocycles. The van der Waals surface area contributed by atoms with Crippen molar-refractivity contribution >= 4 is 35.5 Å². The van der Waals surface area contributed by atoms with Crippen molar-refractivity contribution in [1.82, 2.24) is 5.32 Å². The fourth-order valence-electron chi connectivity index (χ4n) is 1.95. The highest BCUT2D eigenvalue weighted by atomic mass is 32.2. The number of thioether (sulfide) groups is 1. The Morgan fingerprint density at radius 3 is 2.42 bits per heavy atom. The molecular formula is C17H24N2O6S. The highest BCUT2D eigenvalue weighted by molar-refractivity contribution is 7.99. The number of carboxylic acids is 1. The number of carbonyl (C=O) groups excluding carboxylic acids is 2. The normalized spacial score (nSPS) is 12.2. The van der Waals surface area contributed by atoms with E-state index in [0.717, 1.165) is 11.8 Å². The van der Waals surface area contributed by atoms with Crippen molar-refractivity contribution in [1.29, 1.82) is 0 Å². The number of ether oxygens (including phenoxy) is 2. The molecule has 4 N–H and O–H groups in total. The number of carbonyl (C=O) groups is 3. The lowest BCUT2D eigenvalue weighted by Gasteiger charge is -2.22. The van der Waals surface area contributed by atoms with Crippen LogP contribution in [-0.2, 0) is 14.3 Å². The molecular weight excluding hydrogens is 360 g/mol. The lowest BCUT2D eigenvalue weighted by molar-refractivity contribution is -0.138. The molecule has 1 atom stereocenters. The number of alkyl carbamates (subject to hydrolysis) is 1. The van der Waals surface area contributed by atoms with E-state index in [0.29, 0.717) is 21.7 Å². The molecule has 1 aromatic carbocycles. The Morgan fingerprint density at radius 1 is 1.31 bits per heavy atom. The summed E-state index contributed by atoms with van der Waals surface area (Å²) in [5.74, 6) is -1.65. The van der Waals surface area contributed by atoms with Gasteiger partial charge in [-0.25, -0.2) is 14.4 Å². The number of carboxylic acid groups (broad SMARTS) is 1. The van der Waals surface area contributed by atoms with Crippen LogP contribution in [0.25, 0.3) is 0 Å². The number of methoxy groups -OCH3 is 1. The molecule has 0 aliphatic rings. The largest absolute Gasteiger partial charge is 0.480 e. The molecule has 0 fully saturated rings. The summed E-state index contributed by atoms with van der Waals surface area (Å²) in [4.78, 5) is 35.4. The molecule has 1 aromatic rings. The van der Waals surface area contributed by atoms with E-state index < -0.39 is 29.7 Å². The van der Waals surface area contributed by atoms with Gasteiger partial charge in [-0.2, -0.15) is 0 Å². The molecule has 8 nitrogen and oxygen atoms in total. The molecule has 26 heavy (non-hydrogen) atoms. The molecule has 1 rings (SSSR count). The van der Waals surface area contributed by atoms with Gasteiger partial charge in [0.05, 0.1) is 12.7 Å². The molecule has 0 aliphatic heterocycles. The van der Waals surface area contributed by atoms with E-state index in [1.807, 2.05) is 0 Å². The van der Waals surface area contributed by atoms with Gasteiger partial charge in [-0.05, 0) is 45.4 Å². The Labute approximate surface area is 156 Å². The smallest absolute Gasteiger partial charge is 0.408 e. The maximum atomic E-state index is 11.8. The van der Waals surface area contributed by atoms with Crippen LogP contribution in [0.15, 0.2) is 17.0 Å². The summed E-state index contributed by atoms with van der Waals surface area (Å²) in [5, 5.41) is 11.6. The average molecular weight is 384 g/mol. The van der Waals surface area contributed by atoms with Gasteiger partial charge in [0.15, 0.2) is 0 Å². The molecule has 0 aromatic heterocycles. The molecule has 0 saturated heterocycles. The number of aliphatic carboxylic acids is 1. The quantitative estimate of drug-likeness (QED) is 0.388. The van der Waals surface area contributed by atoms with E-state index in [4.69, 9.17) is 10.5 Å². The van der Waals surface area contributed by atoms with E-state index in [2.05, 4.69) is 10.1 Å². The lowest BCUT2D eigenvalue weighted by atomic mass is 10.1. The zero-order valence-electron chi connectivity index (χ0n) is 15.4. The lowest BCUT2D eigenvalue weighted by Crippen LogP contribution is -2.44. The molecule has 0 aliphatic carbocycles. The first-order chi connectivity index (χ1) is 11.9. The van der Waals surface area contributed by atoms with Gasteiger partial charge in [0.1, 0.15) is 11.6 Å². The van der Waals surface area contributed by atoms with E-state index >= 15 is 0 Å². The maximum Gasteiger partial charge on any atom is 0.408 e. The predicted molar refractivity (Wildman–Crippen MR) is 98.4 cm³/mol. The fraction of sp³-hybridized carbons (Fsp3) is 0.471. The minimum Gasteiger partial charge on any atom is -0.480 e. The van der Waals surface area contributed by atoms with Crippen molar-refractivity contribution in [2.45, 2.75) is 44.2 Å². The van der Waals surface area contributed by atoms with Crippen LogP contribution in [0, 0.1) is 6.92 Å². The van der Waals surface area contributed by atoms with E-state index in [1.165, 1.54) is 13.2 Å². The Bertz CT molecular complexity index is 699. The van der Waals surface area contributed by atoms with Gasteiger partial charge >= 0.3 is 18.0 Å². The van der Waals surface area contributed by atoms with Crippen molar-refractivity contribution in [3.8, 4) is 0 Å². The molecule has 0 bridgehead atoms. The fourth-order valence-corrected chi connectivity index (χ4v) is 3.01. The van der Waals surface area contributed by atoms with E-state index in [1.54, 1.807) is 33.8 Å². The average Bonchev–Trinajstić information content (AvgIpc) is 2.51. The Morgan fingerprint density at radius 2 is 1.92 bits per heavy atom. The van der Waals surface area contributed by atoms with Crippen LogP contribution in [0.3, 0.4) is 0 Å². The van der Waals surface area contributed by atoms with E-state index in [-0.39, 0.29) is 5.75 Å². The number of hydrogen-bond donors (Lipinski definition) is 3. The van der Waals surface area contributed by atoms with Crippen LogP contribution in [0.2, 0.25) is 0 Å². The van der Waals surface area contributed by atoms with Crippen molar-refractivity contribution in [2.24, 2.45) is 0 Å². The summed E-state index contributed by atoms with van der Waals surface area (Å²) in [6.07, 6.45) is -0.810. The third-order valence-corrected chi connectivity index (χ3v) is 4.32. The number of nitrogens with two attached hydrogens (primary N) is 1. The molecule has 0 radical (unpaired) electrons. The number of esters is 1. The summed E-state index contributed by atoms with van der Waals surface area (Å²) in [5.41, 5.74) is 6.53. The number of nitrogen functional groups attached to an aromatic ring is 1. The summed E-state index contributed by atoms with van der Waals surface area (Å²) >= 11 is 1.16. The second-order valence-electron chi connectivity index (χ2n) is 6.54. The number of anilines is 1. The van der Waals surface area contributed by atoms with Crippen molar-refractivity contribution in [3.63, 3.8) is 0 Å². The highest BCUT2D eigenvalue weighted by Gasteiger charge is 2.24.